The minimum Gasteiger partial charge on any atom is -0.268 e. The van der Waals surface area contributed by atoms with E-state index in [9.17, 15) is 9.18 Å². The van der Waals surface area contributed by atoms with Gasteiger partial charge in [-0.15, -0.1) is 0 Å². The van der Waals surface area contributed by atoms with E-state index in [1.54, 1.807) is 19.1 Å². The molecule has 0 saturated heterocycles. The second kappa shape index (κ2) is 4.67. The van der Waals surface area contributed by atoms with Gasteiger partial charge in [-0.3, -0.25) is 4.79 Å². The van der Waals surface area contributed by atoms with Gasteiger partial charge in [-0.2, -0.15) is 5.10 Å². The molecule has 3 nitrogen and oxygen atoms in total. The number of benzene rings is 1. The zero-order chi connectivity index (χ0) is 12.4. The topological polar surface area (TPSA) is 34.9 Å². The Hall–Kier alpha value is -1.68. The average molecular weight is 253 g/mol. The molecule has 0 aliphatic heterocycles. The lowest BCUT2D eigenvalue weighted by Crippen LogP contribution is -2.22. The summed E-state index contributed by atoms with van der Waals surface area (Å²) >= 11 is 5.67. The van der Waals surface area contributed by atoms with Gasteiger partial charge in [-0.25, -0.2) is 9.07 Å². The van der Waals surface area contributed by atoms with Gasteiger partial charge in [0.2, 0.25) is 0 Å². The Kier molecular flexibility index (Phi) is 3.24. The minimum absolute atomic E-state index is 0.0446. The third-order valence-corrected chi connectivity index (χ3v) is 2.61. The largest absolute Gasteiger partial charge is 0.268 e. The van der Waals surface area contributed by atoms with Crippen LogP contribution in [-0.2, 0) is 6.54 Å². The molecule has 0 aliphatic rings. The van der Waals surface area contributed by atoms with Crippen molar-refractivity contribution in [1.82, 2.24) is 9.78 Å². The van der Waals surface area contributed by atoms with E-state index in [1.165, 1.54) is 22.9 Å². The van der Waals surface area contributed by atoms with Crippen LogP contribution in [-0.4, -0.2) is 9.78 Å². The fraction of sp³-hybridized carbons (Fsp3) is 0.167. The SMILES string of the molecule is Cc1ccc(=O)n(Cc2ccc(F)c(Cl)c2)n1. The number of hydrogen-bond donors (Lipinski definition) is 0. The van der Waals surface area contributed by atoms with Crippen LogP contribution in [0, 0.1) is 12.7 Å². The van der Waals surface area contributed by atoms with Crippen LogP contribution in [0.5, 0.6) is 0 Å². The predicted molar refractivity (Wildman–Crippen MR) is 63.7 cm³/mol. The van der Waals surface area contributed by atoms with Gasteiger partial charge in [0.25, 0.3) is 5.56 Å². The van der Waals surface area contributed by atoms with E-state index in [1.807, 2.05) is 0 Å². The number of rotatable bonds is 2. The molecule has 0 fully saturated rings. The Bertz CT molecular complexity index is 610. The summed E-state index contributed by atoms with van der Waals surface area (Å²) < 4.78 is 14.3. The Balaban J connectivity index is 2.34. The van der Waals surface area contributed by atoms with Crippen LogP contribution in [0.2, 0.25) is 5.02 Å². The van der Waals surface area contributed by atoms with Crippen molar-refractivity contribution in [2.45, 2.75) is 13.5 Å². The summed E-state index contributed by atoms with van der Waals surface area (Å²) in [4.78, 5) is 11.5. The van der Waals surface area contributed by atoms with E-state index in [-0.39, 0.29) is 17.1 Å². The normalized spacial score (nSPS) is 10.5. The van der Waals surface area contributed by atoms with Crippen LogP contribution in [0.3, 0.4) is 0 Å². The van der Waals surface area contributed by atoms with Gasteiger partial charge in [0, 0.05) is 6.07 Å². The molecule has 1 aromatic heterocycles. The lowest BCUT2D eigenvalue weighted by atomic mass is 10.2. The predicted octanol–water partition coefficient (Wildman–Crippen LogP) is 2.39. The molecule has 0 aliphatic carbocycles. The summed E-state index contributed by atoms with van der Waals surface area (Å²) in [7, 11) is 0. The molecule has 88 valence electrons. The molecule has 0 spiro atoms. The van der Waals surface area contributed by atoms with E-state index in [4.69, 9.17) is 11.6 Å². The molecule has 2 rings (SSSR count). The molecular weight excluding hydrogens is 243 g/mol. The number of aryl methyl sites for hydroxylation is 1. The molecule has 0 amide bonds. The lowest BCUT2D eigenvalue weighted by Gasteiger charge is -2.05. The van der Waals surface area contributed by atoms with Gasteiger partial charge < -0.3 is 0 Å². The number of aromatic nitrogens is 2. The van der Waals surface area contributed by atoms with Crippen molar-refractivity contribution in [1.29, 1.82) is 0 Å². The van der Waals surface area contributed by atoms with E-state index in [0.717, 1.165) is 11.3 Å². The van der Waals surface area contributed by atoms with E-state index in [0.29, 0.717) is 0 Å². The molecule has 0 bridgehead atoms. The highest BCUT2D eigenvalue weighted by atomic mass is 35.5. The van der Waals surface area contributed by atoms with E-state index in [2.05, 4.69) is 5.10 Å². The van der Waals surface area contributed by atoms with Gasteiger partial charge in [-0.1, -0.05) is 17.7 Å². The zero-order valence-electron chi connectivity index (χ0n) is 9.15. The Morgan fingerprint density at radius 2 is 2.12 bits per heavy atom. The molecule has 0 saturated carbocycles. The first kappa shape index (κ1) is 11.8. The molecule has 0 N–H and O–H groups in total. The van der Waals surface area contributed by atoms with Crippen molar-refractivity contribution < 1.29 is 4.39 Å². The van der Waals surface area contributed by atoms with Gasteiger partial charge in [0.1, 0.15) is 5.82 Å². The van der Waals surface area contributed by atoms with Crippen molar-refractivity contribution in [2.75, 3.05) is 0 Å². The number of halogens is 2. The summed E-state index contributed by atoms with van der Waals surface area (Å²) in [6.07, 6.45) is 0. The monoisotopic (exact) mass is 252 g/mol. The standard InChI is InChI=1S/C12H10ClFN2O/c1-8-2-5-12(17)16(15-8)7-9-3-4-11(14)10(13)6-9/h2-6H,7H2,1H3. The number of nitrogens with zero attached hydrogens (tertiary/aromatic N) is 2. The van der Waals surface area contributed by atoms with Gasteiger partial charge in [-0.05, 0) is 30.7 Å². The van der Waals surface area contributed by atoms with Crippen LogP contribution in [0.1, 0.15) is 11.3 Å². The summed E-state index contributed by atoms with van der Waals surface area (Å²) in [6.45, 7) is 2.08. The molecular formula is C12H10ClFN2O. The van der Waals surface area contributed by atoms with Crippen LogP contribution in [0.25, 0.3) is 0 Å². The average Bonchev–Trinajstić information content (AvgIpc) is 2.29. The van der Waals surface area contributed by atoms with Crippen molar-refractivity contribution in [3.05, 3.63) is 62.8 Å². The summed E-state index contributed by atoms with van der Waals surface area (Å²) in [5, 5.41) is 4.13. The van der Waals surface area contributed by atoms with Crippen LogP contribution in [0.15, 0.2) is 35.1 Å². The van der Waals surface area contributed by atoms with Crippen LogP contribution < -0.4 is 5.56 Å². The maximum Gasteiger partial charge on any atom is 0.267 e. The Labute approximate surface area is 102 Å². The van der Waals surface area contributed by atoms with Crippen molar-refractivity contribution in [2.24, 2.45) is 0 Å². The highest BCUT2D eigenvalue weighted by molar-refractivity contribution is 6.30. The first-order valence-corrected chi connectivity index (χ1v) is 5.43. The summed E-state index contributed by atoms with van der Waals surface area (Å²) in [5.74, 6) is -0.472. The third kappa shape index (κ3) is 2.71. The molecule has 2 aromatic rings. The third-order valence-electron chi connectivity index (χ3n) is 2.32. The summed E-state index contributed by atoms with van der Waals surface area (Å²) in [5.41, 5.74) is 1.28. The van der Waals surface area contributed by atoms with Crippen molar-refractivity contribution in [3.8, 4) is 0 Å². The quantitative estimate of drug-likeness (QED) is 0.823. The van der Waals surface area contributed by atoms with Crippen molar-refractivity contribution >= 4 is 11.6 Å². The minimum atomic E-state index is -0.472. The first-order chi connectivity index (χ1) is 8.06. The van der Waals surface area contributed by atoms with Gasteiger partial charge in [0.15, 0.2) is 0 Å². The van der Waals surface area contributed by atoms with Crippen molar-refractivity contribution in [3.63, 3.8) is 0 Å². The fourth-order valence-electron chi connectivity index (χ4n) is 1.48. The first-order valence-electron chi connectivity index (χ1n) is 5.05. The smallest absolute Gasteiger partial charge is 0.267 e. The Morgan fingerprint density at radius 1 is 1.35 bits per heavy atom. The molecule has 1 aromatic carbocycles. The second-order valence-electron chi connectivity index (χ2n) is 3.72. The second-order valence-corrected chi connectivity index (χ2v) is 4.13. The van der Waals surface area contributed by atoms with Gasteiger partial charge >= 0.3 is 0 Å². The maximum absolute atomic E-state index is 13.0. The maximum atomic E-state index is 13.0. The zero-order valence-corrected chi connectivity index (χ0v) is 9.91. The van der Waals surface area contributed by atoms with E-state index < -0.39 is 5.82 Å². The molecule has 0 radical (unpaired) electrons. The molecule has 1 heterocycles. The molecule has 0 unspecified atom stereocenters. The molecule has 0 atom stereocenters. The summed E-state index contributed by atoms with van der Waals surface area (Å²) in [6, 6.07) is 7.45. The molecule has 17 heavy (non-hydrogen) atoms. The highest BCUT2D eigenvalue weighted by Gasteiger charge is 2.03. The molecule has 5 heteroatoms. The van der Waals surface area contributed by atoms with Crippen LogP contribution in [0.4, 0.5) is 4.39 Å². The van der Waals surface area contributed by atoms with Crippen LogP contribution >= 0.6 is 11.6 Å². The van der Waals surface area contributed by atoms with E-state index >= 15 is 0 Å². The Morgan fingerprint density at radius 3 is 2.82 bits per heavy atom. The lowest BCUT2D eigenvalue weighted by molar-refractivity contribution is 0.615. The number of hydrogen-bond acceptors (Lipinski definition) is 2. The fourth-order valence-corrected chi connectivity index (χ4v) is 1.68. The van der Waals surface area contributed by atoms with Gasteiger partial charge in [0.05, 0.1) is 17.3 Å². The highest BCUT2D eigenvalue weighted by Crippen LogP contribution is 2.16.